The van der Waals surface area contributed by atoms with E-state index in [2.05, 4.69) is 37.8 Å². The molecule has 0 saturated heterocycles. The first-order valence-corrected chi connectivity index (χ1v) is 6.22. The number of anilines is 1. The van der Waals surface area contributed by atoms with Gasteiger partial charge in [0.1, 0.15) is 0 Å². The molecule has 0 aliphatic heterocycles. The highest BCUT2D eigenvalue weighted by Crippen LogP contribution is 2.12. The number of hydrogen-bond donors (Lipinski definition) is 2. The van der Waals surface area contributed by atoms with Gasteiger partial charge in [-0.1, -0.05) is 19.1 Å². The molecule has 17 heavy (non-hydrogen) atoms. The molecule has 0 saturated carbocycles. The molecule has 3 N–H and O–H groups in total. The lowest BCUT2D eigenvalue weighted by Crippen LogP contribution is -2.35. The number of aliphatic hydroxyl groups excluding tert-OH is 1. The molecule has 96 valence electrons. The smallest absolute Gasteiger partial charge is 0.0468 e. The van der Waals surface area contributed by atoms with Gasteiger partial charge in [0.05, 0.1) is 0 Å². The lowest BCUT2D eigenvalue weighted by Gasteiger charge is -2.28. The minimum absolute atomic E-state index is 0.241. The van der Waals surface area contributed by atoms with Crippen LogP contribution in [0, 0.1) is 5.92 Å². The maximum absolute atomic E-state index is 9.12. The summed E-state index contributed by atoms with van der Waals surface area (Å²) in [6.07, 6.45) is 0. The van der Waals surface area contributed by atoms with Crippen molar-refractivity contribution < 1.29 is 5.11 Å². The lowest BCUT2D eigenvalue weighted by atomic mass is 10.1. The van der Waals surface area contributed by atoms with Crippen LogP contribution in [-0.4, -0.2) is 29.2 Å². The second kappa shape index (κ2) is 6.62. The number of rotatable bonds is 6. The zero-order valence-electron chi connectivity index (χ0n) is 11.1. The molecule has 1 rings (SSSR count). The molecule has 0 bridgehead atoms. The Morgan fingerprint density at radius 2 is 1.76 bits per heavy atom. The Balaban J connectivity index is 2.63. The average molecular weight is 236 g/mol. The van der Waals surface area contributed by atoms with Crippen LogP contribution in [0.25, 0.3) is 0 Å². The highest BCUT2D eigenvalue weighted by Gasteiger charge is 2.13. The molecule has 0 spiro atoms. The standard InChI is InChI=1S/C14H24N2O/c1-11(2)16(8-12(3)10-17)9-13-4-6-14(15)7-5-13/h4-7,11-12,17H,8-10,15H2,1-3H3. The van der Waals surface area contributed by atoms with Gasteiger partial charge >= 0.3 is 0 Å². The molecule has 1 unspecified atom stereocenters. The van der Waals surface area contributed by atoms with Gasteiger partial charge in [-0.05, 0) is 37.5 Å². The summed E-state index contributed by atoms with van der Waals surface area (Å²) in [4.78, 5) is 2.37. The second-order valence-electron chi connectivity index (χ2n) is 5.05. The van der Waals surface area contributed by atoms with Gasteiger partial charge in [0.25, 0.3) is 0 Å². The van der Waals surface area contributed by atoms with Crippen LogP contribution in [0.15, 0.2) is 24.3 Å². The largest absolute Gasteiger partial charge is 0.399 e. The topological polar surface area (TPSA) is 49.5 Å². The zero-order valence-corrected chi connectivity index (χ0v) is 11.1. The van der Waals surface area contributed by atoms with Crippen molar-refractivity contribution in [2.45, 2.75) is 33.4 Å². The van der Waals surface area contributed by atoms with E-state index in [9.17, 15) is 0 Å². The van der Waals surface area contributed by atoms with E-state index >= 15 is 0 Å². The Morgan fingerprint density at radius 3 is 2.24 bits per heavy atom. The van der Waals surface area contributed by atoms with Gasteiger partial charge in [-0.2, -0.15) is 0 Å². The molecule has 0 aromatic heterocycles. The van der Waals surface area contributed by atoms with Crippen molar-refractivity contribution in [3.63, 3.8) is 0 Å². The maximum Gasteiger partial charge on any atom is 0.0468 e. The molecule has 1 aromatic carbocycles. The summed E-state index contributed by atoms with van der Waals surface area (Å²) in [6, 6.07) is 8.47. The fraction of sp³-hybridized carbons (Fsp3) is 0.571. The fourth-order valence-corrected chi connectivity index (χ4v) is 1.77. The van der Waals surface area contributed by atoms with Crippen LogP contribution in [0.4, 0.5) is 5.69 Å². The second-order valence-corrected chi connectivity index (χ2v) is 5.05. The van der Waals surface area contributed by atoms with E-state index in [1.807, 2.05) is 12.1 Å². The monoisotopic (exact) mass is 236 g/mol. The van der Waals surface area contributed by atoms with Crippen molar-refractivity contribution in [1.82, 2.24) is 4.90 Å². The van der Waals surface area contributed by atoms with Gasteiger partial charge in [-0.15, -0.1) is 0 Å². The van der Waals surface area contributed by atoms with Crippen molar-refractivity contribution in [3.8, 4) is 0 Å². The van der Waals surface area contributed by atoms with Crippen LogP contribution in [-0.2, 0) is 6.54 Å². The molecule has 3 heteroatoms. The number of nitrogen functional groups attached to an aromatic ring is 1. The summed E-state index contributed by atoms with van der Waals surface area (Å²) < 4.78 is 0. The van der Waals surface area contributed by atoms with Gasteiger partial charge in [-0.3, -0.25) is 4.90 Å². The molecule has 3 nitrogen and oxygen atoms in total. The number of aliphatic hydroxyl groups is 1. The molecule has 0 heterocycles. The summed E-state index contributed by atoms with van der Waals surface area (Å²) >= 11 is 0. The molecule has 0 fully saturated rings. The summed E-state index contributed by atoms with van der Waals surface area (Å²) in [7, 11) is 0. The Labute approximate surface area is 104 Å². The van der Waals surface area contributed by atoms with Crippen molar-refractivity contribution in [1.29, 1.82) is 0 Å². The van der Waals surface area contributed by atoms with Crippen molar-refractivity contribution in [2.75, 3.05) is 18.9 Å². The number of benzene rings is 1. The van der Waals surface area contributed by atoms with Gasteiger partial charge < -0.3 is 10.8 Å². The van der Waals surface area contributed by atoms with Crippen LogP contribution in [0.2, 0.25) is 0 Å². The summed E-state index contributed by atoms with van der Waals surface area (Å²) in [5, 5.41) is 9.12. The Bertz CT molecular complexity index is 321. The van der Waals surface area contributed by atoms with Crippen LogP contribution in [0.3, 0.4) is 0 Å². The first-order chi connectivity index (χ1) is 8.02. The van der Waals surface area contributed by atoms with E-state index < -0.39 is 0 Å². The lowest BCUT2D eigenvalue weighted by molar-refractivity contribution is 0.143. The fourth-order valence-electron chi connectivity index (χ4n) is 1.77. The normalized spacial score (nSPS) is 13.3. The molecule has 0 aliphatic carbocycles. The predicted molar refractivity (Wildman–Crippen MR) is 72.7 cm³/mol. The van der Waals surface area contributed by atoms with Crippen LogP contribution >= 0.6 is 0 Å². The number of nitrogens with zero attached hydrogens (tertiary/aromatic N) is 1. The Morgan fingerprint density at radius 1 is 1.18 bits per heavy atom. The maximum atomic E-state index is 9.12. The number of nitrogens with two attached hydrogens (primary N) is 1. The molecular weight excluding hydrogens is 212 g/mol. The van der Waals surface area contributed by atoms with Crippen molar-refractivity contribution in [2.24, 2.45) is 5.92 Å². The first-order valence-electron chi connectivity index (χ1n) is 6.22. The average Bonchev–Trinajstić information content (AvgIpc) is 2.30. The van der Waals surface area contributed by atoms with Crippen molar-refractivity contribution >= 4 is 5.69 Å². The van der Waals surface area contributed by atoms with E-state index in [1.54, 1.807) is 0 Å². The van der Waals surface area contributed by atoms with E-state index in [0.717, 1.165) is 18.8 Å². The predicted octanol–water partition coefficient (Wildman–Crippen LogP) is 2.11. The number of hydrogen-bond acceptors (Lipinski definition) is 3. The highest BCUT2D eigenvalue weighted by atomic mass is 16.3. The zero-order chi connectivity index (χ0) is 12.8. The van der Waals surface area contributed by atoms with E-state index in [-0.39, 0.29) is 6.61 Å². The van der Waals surface area contributed by atoms with E-state index in [1.165, 1.54) is 5.56 Å². The minimum Gasteiger partial charge on any atom is -0.399 e. The van der Waals surface area contributed by atoms with Gasteiger partial charge in [-0.25, -0.2) is 0 Å². The Hall–Kier alpha value is -1.06. The molecule has 0 radical (unpaired) electrons. The quantitative estimate of drug-likeness (QED) is 0.744. The molecule has 1 atom stereocenters. The van der Waals surface area contributed by atoms with Crippen LogP contribution in [0.1, 0.15) is 26.3 Å². The van der Waals surface area contributed by atoms with Crippen molar-refractivity contribution in [3.05, 3.63) is 29.8 Å². The van der Waals surface area contributed by atoms with Crippen LogP contribution in [0.5, 0.6) is 0 Å². The third kappa shape index (κ3) is 4.75. The van der Waals surface area contributed by atoms with Crippen LogP contribution < -0.4 is 5.73 Å². The third-order valence-corrected chi connectivity index (χ3v) is 2.95. The molecular formula is C14H24N2O. The third-order valence-electron chi connectivity index (χ3n) is 2.95. The SMILES string of the molecule is CC(CO)CN(Cc1ccc(N)cc1)C(C)C. The van der Waals surface area contributed by atoms with E-state index in [4.69, 9.17) is 10.8 Å². The minimum atomic E-state index is 0.241. The first kappa shape index (κ1) is 14.0. The molecule has 0 aliphatic rings. The summed E-state index contributed by atoms with van der Waals surface area (Å²) in [5.41, 5.74) is 7.73. The van der Waals surface area contributed by atoms with Gasteiger partial charge in [0, 0.05) is 31.4 Å². The Kier molecular flexibility index (Phi) is 5.45. The van der Waals surface area contributed by atoms with Gasteiger partial charge in [0.15, 0.2) is 0 Å². The summed E-state index contributed by atoms with van der Waals surface area (Å²) in [6.45, 7) is 8.49. The molecule has 0 amide bonds. The van der Waals surface area contributed by atoms with E-state index in [0.29, 0.717) is 12.0 Å². The molecule has 1 aromatic rings. The van der Waals surface area contributed by atoms with Gasteiger partial charge in [0.2, 0.25) is 0 Å². The highest BCUT2D eigenvalue weighted by molar-refractivity contribution is 5.39. The summed E-state index contributed by atoms with van der Waals surface area (Å²) in [5.74, 6) is 0.311.